The van der Waals surface area contributed by atoms with Crippen molar-refractivity contribution in [2.75, 3.05) is 26.2 Å². The Balaban J connectivity index is 0.00000256. The van der Waals surface area contributed by atoms with Crippen LogP contribution in [-0.4, -0.2) is 54.5 Å². The van der Waals surface area contributed by atoms with E-state index in [1.807, 2.05) is 36.4 Å². The van der Waals surface area contributed by atoms with Gasteiger partial charge in [-0.1, -0.05) is 18.0 Å². The van der Waals surface area contributed by atoms with Gasteiger partial charge in [-0.05, 0) is 81.7 Å². The summed E-state index contributed by atoms with van der Waals surface area (Å²) in [5, 5.41) is 6.30. The highest BCUT2D eigenvalue weighted by atomic mass is 35.5. The zero-order chi connectivity index (χ0) is 20.1. The molecular weight excluding hydrogens is 425 g/mol. The van der Waals surface area contributed by atoms with Crippen LogP contribution in [0.2, 0.25) is 5.02 Å². The summed E-state index contributed by atoms with van der Waals surface area (Å²) in [6.45, 7) is 3.96. The molecular formula is C22H27Cl2N3O3. The van der Waals surface area contributed by atoms with Crippen molar-refractivity contribution in [3.63, 3.8) is 0 Å². The van der Waals surface area contributed by atoms with E-state index >= 15 is 0 Å². The lowest BCUT2D eigenvalue weighted by molar-refractivity contribution is 0.124. The van der Waals surface area contributed by atoms with Gasteiger partial charge in [0, 0.05) is 10.6 Å². The molecule has 3 heterocycles. The number of carbonyl (C=O) groups is 1. The molecule has 1 unspecified atom stereocenters. The number of rotatable bonds is 7. The maximum Gasteiger partial charge on any atom is 0.430 e. The molecule has 2 aliphatic rings. The molecule has 8 heteroatoms. The Kier molecular flexibility index (Phi) is 8.19. The Morgan fingerprint density at radius 3 is 2.63 bits per heavy atom. The van der Waals surface area contributed by atoms with Gasteiger partial charge < -0.3 is 14.1 Å². The molecule has 6 nitrogen and oxygen atoms in total. The van der Waals surface area contributed by atoms with Gasteiger partial charge in [0.2, 0.25) is 0 Å². The maximum atomic E-state index is 12.1. The highest BCUT2D eigenvalue weighted by molar-refractivity contribution is 6.30. The third-order valence-electron chi connectivity index (χ3n) is 5.38. The van der Waals surface area contributed by atoms with Crippen LogP contribution in [0.1, 0.15) is 37.9 Å². The number of nitrogens with zero attached hydrogens (tertiary/aromatic N) is 3. The summed E-state index contributed by atoms with van der Waals surface area (Å²) in [6, 6.07) is 11.1. The average Bonchev–Trinajstić information content (AvgIpc) is 3.34. The van der Waals surface area contributed by atoms with Crippen LogP contribution in [0, 0.1) is 0 Å². The van der Waals surface area contributed by atoms with E-state index in [1.54, 1.807) is 6.21 Å². The molecule has 0 spiro atoms. The van der Waals surface area contributed by atoms with Crippen LogP contribution in [-0.2, 0) is 4.74 Å². The Morgan fingerprint density at radius 1 is 1.10 bits per heavy atom. The number of halogens is 2. The summed E-state index contributed by atoms with van der Waals surface area (Å²) >= 11 is 5.92. The largest absolute Gasteiger partial charge is 0.455 e. The van der Waals surface area contributed by atoms with E-state index in [0.717, 1.165) is 30.7 Å². The molecule has 1 aromatic carbocycles. The molecule has 0 radical (unpaired) electrons. The molecule has 2 aliphatic heterocycles. The highest BCUT2D eigenvalue weighted by Gasteiger charge is 2.30. The van der Waals surface area contributed by atoms with Crippen molar-refractivity contribution < 1.29 is 13.9 Å². The second-order valence-corrected chi connectivity index (χ2v) is 8.02. The zero-order valence-electron chi connectivity index (χ0n) is 16.8. The molecule has 0 N–H and O–H groups in total. The van der Waals surface area contributed by atoms with Gasteiger partial charge in [0.1, 0.15) is 17.6 Å². The summed E-state index contributed by atoms with van der Waals surface area (Å²) in [6.07, 6.45) is 6.92. The molecule has 0 saturated carbocycles. The minimum absolute atomic E-state index is 0. The second-order valence-electron chi connectivity index (χ2n) is 7.59. The van der Waals surface area contributed by atoms with Crippen molar-refractivity contribution in [3.8, 4) is 11.3 Å². The quantitative estimate of drug-likeness (QED) is 0.525. The summed E-state index contributed by atoms with van der Waals surface area (Å²) < 4.78 is 11.2. The molecule has 1 aromatic heterocycles. The molecule has 2 aromatic rings. The van der Waals surface area contributed by atoms with Gasteiger partial charge in [0.25, 0.3) is 0 Å². The molecule has 1 amide bonds. The van der Waals surface area contributed by atoms with Crippen LogP contribution in [0.25, 0.3) is 11.3 Å². The number of likely N-dealkylation sites (tertiary alicyclic amines) is 1. The van der Waals surface area contributed by atoms with E-state index in [2.05, 4.69) is 10.0 Å². The lowest BCUT2D eigenvalue weighted by Gasteiger charge is -2.26. The van der Waals surface area contributed by atoms with Gasteiger partial charge >= 0.3 is 6.09 Å². The first kappa shape index (κ1) is 22.7. The number of cyclic esters (lactones) is 1. The van der Waals surface area contributed by atoms with Gasteiger partial charge in [0.15, 0.2) is 0 Å². The SMILES string of the molecule is Cl.O=C1OC(CCCN2CCCCC2)CN1/N=C/c1ccc(-c2ccc(Cl)cc2)o1. The lowest BCUT2D eigenvalue weighted by Crippen LogP contribution is -2.31. The van der Waals surface area contributed by atoms with Crippen molar-refractivity contribution in [2.45, 2.75) is 38.2 Å². The number of benzene rings is 1. The summed E-state index contributed by atoms with van der Waals surface area (Å²) in [7, 11) is 0. The number of furan rings is 1. The first-order chi connectivity index (χ1) is 14.2. The molecule has 0 aliphatic carbocycles. The number of piperidine rings is 1. The summed E-state index contributed by atoms with van der Waals surface area (Å²) in [5.74, 6) is 1.30. The smallest absolute Gasteiger partial charge is 0.430 e. The number of ether oxygens (including phenoxy) is 1. The Hall–Kier alpha value is -2.02. The van der Waals surface area contributed by atoms with E-state index < -0.39 is 6.09 Å². The predicted octanol–water partition coefficient (Wildman–Crippen LogP) is 5.44. The summed E-state index contributed by atoms with van der Waals surface area (Å²) in [4.78, 5) is 14.6. The van der Waals surface area contributed by atoms with Crippen LogP contribution >= 0.6 is 24.0 Å². The van der Waals surface area contributed by atoms with Crippen molar-refractivity contribution in [1.29, 1.82) is 0 Å². The molecule has 162 valence electrons. The molecule has 2 saturated heterocycles. The van der Waals surface area contributed by atoms with Gasteiger partial charge in [-0.3, -0.25) is 0 Å². The average molecular weight is 452 g/mol. The number of hydrogen-bond donors (Lipinski definition) is 0. The molecule has 4 rings (SSSR count). The van der Waals surface area contributed by atoms with E-state index in [9.17, 15) is 4.79 Å². The van der Waals surface area contributed by atoms with E-state index in [0.29, 0.717) is 17.3 Å². The molecule has 30 heavy (non-hydrogen) atoms. The van der Waals surface area contributed by atoms with Crippen molar-refractivity contribution in [2.24, 2.45) is 5.10 Å². The Bertz CT molecular complexity index is 848. The van der Waals surface area contributed by atoms with Gasteiger partial charge in [0.05, 0.1) is 12.8 Å². The Morgan fingerprint density at radius 2 is 1.87 bits per heavy atom. The molecule has 0 bridgehead atoms. The van der Waals surface area contributed by atoms with Gasteiger partial charge in [-0.15, -0.1) is 12.4 Å². The van der Waals surface area contributed by atoms with E-state index in [-0.39, 0.29) is 18.5 Å². The third kappa shape index (κ3) is 6.00. The molecule has 1 atom stereocenters. The number of carbonyl (C=O) groups excluding carboxylic acids is 1. The second kappa shape index (κ2) is 10.8. The minimum Gasteiger partial charge on any atom is -0.455 e. The minimum atomic E-state index is -0.395. The lowest BCUT2D eigenvalue weighted by atomic mass is 10.1. The normalized spacial score (nSPS) is 19.8. The van der Waals surface area contributed by atoms with E-state index in [4.69, 9.17) is 20.8 Å². The topological polar surface area (TPSA) is 58.3 Å². The van der Waals surface area contributed by atoms with Crippen LogP contribution < -0.4 is 0 Å². The fraction of sp³-hybridized carbons (Fsp3) is 0.455. The zero-order valence-corrected chi connectivity index (χ0v) is 18.4. The predicted molar refractivity (Wildman–Crippen MR) is 120 cm³/mol. The standard InChI is InChI=1S/C22H26ClN3O3.ClH/c23-18-8-6-17(7-9-18)21-11-10-19(28-21)15-24-26-16-20(29-22(26)27)5-4-14-25-12-2-1-3-13-25;/h6-11,15,20H,1-5,12-14,16H2;1H/b24-15+;. The van der Waals surface area contributed by atoms with E-state index in [1.165, 1.54) is 37.4 Å². The first-order valence-corrected chi connectivity index (χ1v) is 10.7. The van der Waals surface area contributed by atoms with Crippen LogP contribution in [0.3, 0.4) is 0 Å². The van der Waals surface area contributed by atoms with Crippen LogP contribution in [0.15, 0.2) is 45.9 Å². The van der Waals surface area contributed by atoms with Crippen molar-refractivity contribution in [3.05, 3.63) is 47.2 Å². The molecule has 2 fully saturated rings. The summed E-state index contributed by atoms with van der Waals surface area (Å²) in [5.41, 5.74) is 0.934. The monoisotopic (exact) mass is 451 g/mol. The number of amides is 1. The van der Waals surface area contributed by atoms with Crippen LogP contribution in [0.4, 0.5) is 4.79 Å². The third-order valence-corrected chi connectivity index (χ3v) is 5.64. The highest BCUT2D eigenvalue weighted by Crippen LogP contribution is 2.23. The Labute approximate surface area is 188 Å². The fourth-order valence-corrected chi connectivity index (χ4v) is 3.92. The fourth-order valence-electron chi connectivity index (χ4n) is 3.80. The van der Waals surface area contributed by atoms with Gasteiger partial charge in [-0.25, -0.2) is 4.79 Å². The van der Waals surface area contributed by atoms with Crippen molar-refractivity contribution in [1.82, 2.24) is 9.91 Å². The number of hydrogen-bond acceptors (Lipinski definition) is 5. The maximum absolute atomic E-state index is 12.1. The van der Waals surface area contributed by atoms with Crippen molar-refractivity contribution >= 4 is 36.3 Å². The van der Waals surface area contributed by atoms with Crippen LogP contribution in [0.5, 0.6) is 0 Å². The number of hydrazone groups is 1. The first-order valence-electron chi connectivity index (χ1n) is 10.3. The van der Waals surface area contributed by atoms with Gasteiger partial charge in [-0.2, -0.15) is 10.1 Å².